The van der Waals surface area contributed by atoms with Gasteiger partial charge in [0, 0.05) is 6.66 Å². The average Bonchev–Trinajstić information content (AvgIpc) is 1.62. The van der Waals surface area contributed by atoms with Crippen LogP contribution in [-0.4, -0.2) is 24.1 Å². The molecule has 0 aliphatic heterocycles. The molecule has 1 atom stereocenters. The summed E-state index contributed by atoms with van der Waals surface area (Å²) in [6.45, 7) is 0.541. The Morgan fingerprint density at radius 1 is 1.89 bits per heavy atom. The quantitative estimate of drug-likeness (QED) is 0.512. The van der Waals surface area contributed by atoms with E-state index in [1.807, 2.05) is 0 Å². The van der Waals surface area contributed by atoms with E-state index in [0.29, 0.717) is 0 Å². The second-order valence-corrected chi connectivity index (χ2v) is 3.26. The number of hydrogen-bond donors (Lipinski definition) is 2. The maximum atomic E-state index is 10.2. The van der Waals surface area contributed by atoms with E-state index in [1.54, 1.807) is 0 Å². The molecule has 0 saturated carbocycles. The van der Waals surface area contributed by atoms with Gasteiger partial charge in [-0.15, -0.1) is 0 Å². The Labute approximate surface area is 52.3 Å². The van der Waals surface area contributed by atoms with Crippen LogP contribution in [0.4, 0.5) is 0 Å². The van der Waals surface area contributed by atoms with E-state index >= 15 is 0 Å². The minimum Gasteiger partial charge on any atom is -0.391 e. The summed E-state index contributed by atoms with van der Waals surface area (Å²) in [5.41, 5.74) is 4.77. The molecule has 1 unspecified atom stereocenters. The fraction of sp³-hybridized carbons (Fsp3) is 0.667. The van der Waals surface area contributed by atoms with Crippen LogP contribution in [0.15, 0.2) is 0 Å². The number of nitrogens with two attached hydrogens (primary N) is 1. The second kappa shape index (κ2) is 2.96. The van der Waals surface area contributed by atoms with Crippen LogP contribution in [0.1, 0.15) is 0 Å². The predicted molar refractivity (Wildman–Crippen MR) is 30.9 cm³/mol. The van der Waals surface area contributed by atoms with Gasteiger partial charge in [0.1, 0.15) is 0 Å². The highest BCUT2D eigenvalue weighted by Gasteiger charge is 2.14. The first-order valence-electron chi connectivity index (χ1n) is 2.18. The highest BCUT2D eigenvalue weighted by molar-refractivity contribution is 7.52. The molecular weight excluding hydrogens is 145 g/mol. The number of carbonyl (C=O) groups excluding carboxylic acids is 1. The Hall–Kier alpha value is -0.380. The van der Waals surface area contributed by atoms with Gasteiger partial charge in [0.15, 0.2) is 0 Å². The largest absolute Gasteiger partial charge is 0.391 e. The van der Waals surface area contributed by atoms with Gasteiger partial charge >= 0.3 is 13.6 Å². The first-order valence-corrected chi connectivity index (χ1v) is 4.21. The van der Waals surface area contributed by atoms with Crippen LogP contribution in [0.2, 0.25) is 0 Å². The van der Waals surface area contributed by atoms with Crippen molar-refractivity contribution >= 4 is 13.6 Å². The molecule has 0 aromatic heterocycles. The molecule has 6 heteroatoms. The summed E-state index contributed by atoms with van der Waals surface area (Å²) in [5, 5.41) is 0. The van der Waals surface area contributed by atoms with Gasteiger partial charge in [-0.2, -0.15) is 0 Å². The van der Waals surface area contributed by atoms with Gasteiger partial charge in [-0.25, -0.2) is 4.57 Å². The van der Waals surface area contributed by atoms with Crippen molar-refractivity contribution in [2.75, 3.05) is 13.2 Å². The third-order valence-corrected chi connectivity index (χ3v) is 0.980. The molecule has 0 aliphatic rings. The van der Waals surface area contributed by atoms with Crippen molar-refractivity contribution in [1.82, 2.24) is 0 Å². The van der Waals surface area contributed by atoms with Gasteiger partial charge in [-0.05, 0) is 0 Å². The molecule has 0 aliphatic carbocycles. The molecular formula is C3H8NO4P. The lowest BCUT2D eigenvalue weighted by atomic mass is 10.7. The van der Waals surface area contributed by atoms with Crippen molar-refractivity contribution in [3.8, 4) is 0 Å². The molecule has 0 bridgehead atoms. The fourth-order valence-electron chi connectivity index (χ4n) is 0.226. The van der Waals surface area contributed by atoms with E-state index in [9.17, 15) is 9.36 Å². The summed E-state index contributed by atoms with van der Waals surface area (Å²) in [4.78, 5) is 18.5. The van der Waals surface area contributed by atoms with E-state index in [2.05, 4.69) is 4.52 Å². The Morgan fingerprint density at radius 3 is 2.44 bits per heavy atom. The zero-order valence-electron chi connectivity index (χ0n) is 4.90. The van der Waals surface area contributed by atoms with Crippen molar-refractivity contribution in [3.05, 3.63) is 0 Å². The SMILES string of the molecule is CP(=O)(O)OC(=O)CN. The molecule has 54 valence electrons. The van der Waals surface area contributed by atoms with Gasteiger partial charge in [0.2, 0.25) is 0 Å². The summed E-state index contributed by atoms with van der Waals surface area (Å²) >= 11 is 0. The molecule has 0 fully saturated rings. The highest BCUT2D eigenvalue weighted by Crippen LogP contribution is 2.36. The van der Waals surface area contributed by atoms with Gasteiger partial charge in [0.25, 0.3) is 0 Å². The van der Waals surface area contributed by atoms with Crippen LogP contribution in [0.5, 0.6) is 0 Å². The minimum atomic E-state index is -3.67. The zero-order valence-corrected chi connectivity index (χ0v) is 5.80. The fourth-order valence-corrected chi connectivity index (χ4v) is 0.679. The molecule has 0 rings (SSSR count). The molecule has 0 spiro atoms. The molecule has 5 nitrogen and oxygen atoms in total. The summed E-state index contributed by atoms with van der Waals surface area (Å²) in [6, 6.07) is 0. The lowest BCUT2D eigenvalue weighted by molar-refractivity contribution is -0.133. The average molecular weight is 153 g/mol. The van der Waals surface area contributed by atoms with E-state index < -0.39 is 13.6 Å². The molecule has 0 aromatic carbocycles. The number of carbonyl (C=O) groups is 1. The molecule has 0 saturated heterocycles. The third-order valence-electron chi connectivity index (χ3n) is 0.438. The Kier molecular flexibility index (Phi) is 2.84. The molecule has 9 heavy (non-hydrogen) atoms. The standard InChI is InChI=1S/C3H8NO4P/c1-9(6,7)8-3(5)2-4/h2,4H2,1H3,(H,6,7). The van der Waals surface area contributed by atoms with E-state index in [-0.39, 0.29) is 6.54 Å². The van der Waals surface area contributed by atoms with Gasteiger partial charge in [0.05, 0.1) is 6.54 Å². The van der Waals surface area contributed by atoms with Crippen LogP contribution in [-0.2, 0) is 13.9 Å². The third kappa shape index (κ3) is 5.49. The van der Waals surface area contributed by atoms with E-state index in [1.165, 1.54) is 0 Å². The Balaban J connectivity index is 3.75. The maximum Gasteiger partial charge on any atom is 0.375 e. The maximum absolute atomic E-state index is 10.2. The molecule has 3 N–H and O–H groups in total. The van der Waals surface area contributed by atoms with Gasteiger partial charge in [-0.1, -0.05) is 0 Å². The summed E-state index contributed by atoms with van der Waals surface area (Å²) < 4.78 is 14.2. The summed E-state index contributed by atoms with van der Waals surface area (Å²) in [6.07, 6.45) is 0. The summed E-state index contributed by atoms with van der Waals surface area (Å²) in [5.74, 6) is -0.872. The Bertz CT molecular complexity index is 150. The number of hydrogen-bond acceptors (Lipinski definition) is 4. The van der Waals surface area contributed by atoms with Crippen molar-refractivity contribution in [2.45, 2.75) is 0 Å². The minimum absolute atomic E-state index is 0.377. The van der Waals surface area contributed by atoms with E-state index in [4.69, 9.17) is 10.6 Å². The number of rotatable bonds is 2. The smallest absolute Gasteiger partial charge is 0.375 e. The predicted octanol–water partition coefficient (Wildman–Crippen LogP) is -0.697. The Morgan fingerprint density at radius 2 is 2.33 bits per heavy atom. The topological polar surface area (TPSA) is 89.6 Å². The highest BCUT2D eigenvalue weighted by atomic mass is 31.2. The van der Waals surface area contributed by atoms with Crippen LogP contribution in [0.25, 0.3) is 0 Å². The molecule has 0 radical (unpaired) electrons. The molecule has 0 aromatic rings. The normalized spacial score (nSPS) is 16.3. The lowest BCUT2D eigenvalue weighted by Gasteiger charge is -2.03. The summed E-state index contributed by atoms with van der Waals surface area (Å²) in [7, 11) is -3.67. The van der Waals surface area contributed by atoms with Crippen molar-refractivity contribution < 1.29 is 18.8 Å². The van der Waals surface area contributed by atoms with Crippen LogP contribution in [0, 0.1) is 0 Å². The first-order chi connectivity index (χ1) is 3.95. The van der Waals surface area contributed by atoms with Crippen molar-refractivity contribution in [3.63, 3.8) is 0 Å². The van der Waals surface area contributed by atoms with Crippen molar-refractivity contribution in [2.24, 2.45) is 5.73 Å². The zero-order chi connectivity index (χ0) is 7.49. The monoisotopic (exact) mass is 153 g/mol. The lowest BCUT2D eigenvalue weighted by Crippen LogP contribution is -2.15. The van der Waals surface area contributed by atoms with Crippen molar-refractivity contribution in [1.29, 1.82) is 0 Å². The second-order valence-electron chi connectivity index (χ2n) is 1.47. The van der Waals surface area contributed by atoms with Crippen LogP contribution < -0.4 is 5.73 Å². The molecule has 0 amide bonds. The molecule has 0 heterocycles. The first kappa shape index (κ1) is 8.62. The van der Waals surface area contributed by atoms with Crippen LogP contribution >= 0.6 is 7.60 Å². The van der Waals surface area contributed by atoms with E-state index in [0.717, 1.165) is 6.66 Å². The van der Waals surface area contributed by atoms with Gasteiger partial charge < -0.3 is 15.2 Å². The van der Waals surface area contributed by atoms with Crippen LogP contribution in [0.3, 0.4) is 0 Å². The van der Waals surface area contributed by atoms with Gasteiger partial charge in [-0.3, -0.25) is 4.79 Å².